The summed E-state index contributed by atoms with van der Waals surface area (Å²) in [7, 11) is 0. The maximum atomic E-state index is 11.0. The van der Waals surface area contributed by atoms with Crippen LogP contribution in [0.25, 0.3) is 0 Å². The van der Waals surface area contributed by atoms with E-state index in [0.29, 0.717) is 0 Å². The van der Waals surface area contributed by atoms with E-state index in [1.807, 2.05) is 0 Å². The number of hydrogen-bond acceptors (Lipinski definition) is 4. The summed E-state index contributed by atoms with van der Waals surface area (Å²) >= 11 is 0. The molecule has 0 aliphatic heterocycles. The highest BCUT2D eigenvalue weighted by atomic mass is 16.4. The van der Waals surface area contributed by atoms with Crippen molar-refractivity contribution < 1.29 is 19.8 Å². The first-order valence-electron chi connectivity index (χ1n) is 3.86. The predicted molar refractivity (Wildman–Crippen MR) is 44.9 cm³/mol. The minimum atomic E-state index is -1.13. The number of nitrogens with one attached hydrogen (secondary N) is 1. The fourth-order valence-electron chi connectivity index (χ4n) is 0.676. The van der Waals surface area contributed by atoms with Crippen LogP contribution in [0.4, 0.5) is 0 Å². The molecule has 0 aliphatic rings. The van der Waals surface area contributed by atoms with Gasteiger partial charge in [-0.25, -0.2) is 0 Å². The number of rotatable bonds is 5. The fraction of sp³-hybridized carbons (Fsp3) is 0.714. The molecular weight excluding hydrogens is 176 g/mol. The van der Waals surface area contributed by atoms with Gasteiger partial charge >= 0.3 is 5.97 Å². The lowest BCUT2D eigenvalue weighted by Gasteiger charge is -2.14. The number of aliphatic carboxylic acids is 1. The molecule has 0 heterocycles. The van der Waals surface area contributed by atoms with Crippen molar-refractivity contribution in [2.45, 2.75) is 25.4 Å². The molecule has 0 saturated heterocycles. The van der Waals surface area contributed by atoms with Crippen LogP contribution < -0.4 is 11.1 Å². The Morgan fingerprint density at radius 1 is 1.54 bits per heavy atom. The van der Waals surface area contributed by atoms with Crippen LogP contribution in [0, 0.1) is 0 Å². The van der Waals surface area contributed by atoms with E-state index in [1.54, 1.807) is 6.92 Å². The predicted octanol–water partition coefficient (Wildman–Crippen LogP) is -1.71. The summed E-state index contributed by atoms with van der Waals surface area (Å²) in [6, 6.07) is -1.47. The zero-order valence-electron chi connectivity index (χ0n) is 7.36. The Morgan fingerprint density at radius 3 is 2.46 bits per heavy atom. The van der Waals surface area contributed by atoms with Crippen LogP contribution in [-0.2, 0) is 9.59 Å². The zero-order chi connectivity index (χ0) is 10.4. The monoisotopic (exact) mass is 190 g/mol. The summed E-state index contributed by atoms with van der Waals surface area (Å²) < 4.78 is 0. The number of carboxylic acid groups (broad SMARTS) is 1. The van der Waals surface area contributed by atoms with Crippen LogP contribution in [0.5, 0.6) is 0 Å². The smallest absolute Gasteiger partial charge is 0.305 e. The van der Waals surface area contributed by atoms with Gasteiger partial charge in [-0.1, -0.05) is 0 Å². The number of nitrogens with two attached hydrogens (primary N) is 1. The van der Waals surface area contributed by atoms with Crippen molar-refractivity contribution in [3.05, 3.63) is 0 Å². The number of aliphatic hydroxyl groups is 1. The van der Waals surface area contributed by atoms with Gasteiger partial charge in [-0.05, 0) is 6.92 Å². The summed E-state index contributed by atoms with van der Waals surface area (Å²) in [6.07, 6.45) is -0.413. The number of carbonyl (C=O) groups excluding carboxylic acids is 1. The summed E-state index contributed by atoms with van der Waals surface area (Å²) in [4.78, 5) is 21.2. The standard InChI is InChI=1S/C7H14N2O4/c1-4(3-10)9-7(13)5(8)2-6(11)12/h4-5,10H,2-3,8H2,1H3,(H,9,13)(H,11,12)/t4-,5?/m1/s1. The summed E-state index contributed by atoms with van der Waals surface area (Å²) in [5.41, 5.74) is 5.25. The lowest BCUT2D eigenvalue weighted by molar-refractivity contribution is -0.139. The van der Waals surface area contributed by atoms with Crippen molar-refractivity contribution in [1.29, 1.82) is 0 Å². The van der Waals surface area contributed by atoms with Gasteiger partial charge in [-0.2, -0.15) is 0 Å². The molecule has 0 fully saturated rings. The molecular formula is C7H14N2O4. The first-order chi connectivity index (χ1) is 5.97. The molecule has 0 spiro atoms. The van der Waals surface area contributed by atoms with Crippen LogP contribution in [0.2, 0.25) is 0 Å². The van der Waals surface area contributed by atoms with E-state index in [2.05, 4.69) is 5.32 Å². The Balaban J connectivity index is 3.89. The Labute approximate surface area is 75.7 Å². The Morgan fingerprint density at radius 2 is 2.08 bits per heavy atom. The summed E-state index contributed by atoms with van der Waals surface area (Å²) in [5, 5.41) is 19.2. The molecule has 0 radical (unpaired) electrons. The van der Waals surface area contributed by atoms with E-state index >= 15 is 0 Å². The lowest BCUT2D eigenvalue weighted by Crippen LogP contribution is -2.46. The van der Waals surface area contributed by atoms with Gasteiger partial charge in [0, 0.05) is 6.04 Å². The topological polar surface area (TPSA) is 113 Å². The van der Waals surface area contributed by atoms with Crippen molar-refractivity contribution in [3.8, 4) is 0 Å². The molecule has 76 valence electrons. The molecule has 5 N–H and O–H groups in total. The lowest BCUT2D eigenvalue weighted by atomic mass is 10.2. The molecule has 0 aromatic heterocycles. The van der Waals surface area contributed by atoms with Crippen molar-refractivity contribution in [2.75, 3.05) is 6.61 Å². The third-order valence-corrected chi connectivity index (χ3v) is 1.39. The molecule has 0 bridgehead atoms. The molecule has 1 amide bonds. The van der Waals surface area contributed by atoms with Crippen LogP contribution in [0.1, 0.15) is 13.3 Å². The van der Waals surface area contributed by atoms with E-state index in [-0.39, 0.29) is 6.61 Å². The maximum absolute atomic E-state index is 11.0. The molecule has 0 aromatic rings. The van der Waals surface area contributed by atoms with Gasteiger partial charge in [0.2, 0.25) is 5.91 Å². The Kier molecular flexibility index (Phi) is 5.01. The fourth-order valence-corrected chi connectivity index (χ4v) is 0.676. The largest absolute Gasteiger partial charge is 0.481 e. The molecule has 0 aliphatic carbocycles. The second kappa shape index (κ2) is 5.50. The molecule has 13 heavy (non-hydrogen) atoms. The van der Waals surface area contributed by atoms with Gasteiger partial charge in [-0.15, -0.1) is 0 Å². The number of hydrogen-bond donors (Lipinski definition) is 4. The summed E-state index contributed by atoms with van der Waals surface area (Å²) in [6.45, 7) is 1.39. The maximum Gasteiger partial charge on any atom is 0.305 e. The highest BCUT2D eigenvalue weighted by Crippen LogP contribution is 1.89. The molecule has 6 nitrogen and oxygen atoms in total. The number of aliphatic hydroxyl groups excluding tert-OH is 1. The molecule has 6 heteroatoms. The van der Waals surface area contributed by atoms with Crippen molar-refractivity contribution in [1.82, 2.24) is 5.32 Å². The molecule has 0 saturated carbocycles. The second-order valence-electron chi connectivity index (χ2n) is 2.80. The van der Waals surface area contributed by atoms with Crippen LogP contribution in [-0.4, -0.2) is 40.8 Å². The van der Waals surface area contributed by atoms with E-state index in [4.69, 9.17) is 15.9 Å². The molecule has 2 atom stereocenters. The van der Waals surface area contributed by atoms with Crippen molar-refractivity contribution in [2.24, 2.45) is 5.73 Å². The Hall–Kier alpha value is -1.14. The van der Waals surface area contributed by atoms with Gasteiger partial charge in [-0.3, -0.25) is 9.59 Å². The third-order valence-electron chi connectivity index (χ3n) is 1.39. The minimum absolute atomic E-state index is 0.203. The van der Waals surface area contributed by atoms with E-state index < -0.39 is 30.4 Å². The van der Waals surface area contributed by atoms with E-state index in [9.17, 15) is 9.59 Å². The molecule has 0 rings (SSSR count). The second-order valence-corrected chi connectivity index (χ2v) is 2.80. The minimum Gasteiger partial charge on any atom is -0.481 e. The third kappa shape index (κ3) is 5.15. The highest BCUT2D eigenvalue weighted by molar-refractivity contribution is 5.86. The van der Waals surface area contributed by atoms with E-state index in [1.165, 1.54) is 0 Å². The van der Waals surface area contributed by atoms with Gasteiger partial charge < -0.3 is 21.3 Å². The first kappa shape index (κ1) is 11.9. The van der Waals surface area contributed by atoms with Crippen LogP contribution in [0.15, 0.2) is 0 Å². The quantitative estimate of drug-likeness (QED) is 0.412. The van der Waals surface area contributed by atoms with Gasteiger partial charge in [0.25, 0.3) is 0 Å². The highest BCUT2D eigenvalue weighted by Gasteiger charge is 2.17. The van der Waals surface area contributed by atoms with Gasteiger partial charge in [0.1, 0.15) is 0 Å². The number of carbonyl (C=O) groups is 2. The molecule has 1 unspecified atom stereocenters. The normalized spacial score (nSPS) is 14.7. The first-order valence-corrected chi connectivity index (χ1v) is 3.86. The Bertz CT molecular complexity index is 195. The zero-order valence-corrected chi connectivity index (χ0v) is 7.36. The average Bonchev–Trinajstić information content (AvgIpc) is 2.02. The SMILES string of the molecule is C[C@H](CO)NC(=O)C(N)CC(=O)O. The van der Waals surface area contributed by atoms with Crippen molar-refractivity contribution in [3.63, 3.8) is 0 Å². The van der Waals surface area contributed by atoms with Gasteiger partial charge in [0.05, 0.1) is 19.1 Å². The number of amides is 1. The van der Waals surface area contributed by atoms with Crippen LogP contribution in [0.3, 0.4) is 0 Å². The van der Waals surface area contributed by atoms with Crippen molar-refractivity contribution >= 4 is 11.9 Å². The number of carboxylic acids is 1. The van der Waals surface area contributed by atoms with E-state index in [0.717, 1.165) is 0 Å². The summed E-state index contributed by atoms with van der Waals surface area (Å²) in [5.74, 6) is -1.69. The van der Waals surface area contributed by atoms with Crippen LogP contribution >= 0.6 is 0 Å². The van der Waals surface area contributed by atoms with Gasteiger partial charge in [0.15, 0.2) is 0 Å². The molecule has 0 aromatic carbocycles. The average molecular weight is 190 g/mol.